The summed E-state index contributed by atoms with van der Waals surface area (Å²) in [6, 6.07) is 0. The average Bonchev–Trinajstić information content (AvgIpc) is 2.21. The van der Waals surface area contributed by atoms with E-state index in [2.05, 4.69) is 0 Å². The summed E-state index contributed by atoms with van der Waals surface area (Å²) in [6.07, 6.45) is 2.97. The minimum absolute atomic E-state index is 0. The fourth-order valence-corrected chi connectivity index (χ4v) is 1.28. The topological polar surface area (TPSA) is 74.6 Å². The van der Waals surface area contributed by atoms with E-state index in [-0.39, 0.29) is 31.3 Å². The SMILES string of the molecule is CCC(CC)C(=O)O.CCC(CC)C(=O)O.[Zn]. The van der Waals surface area contributed by atoms with Gasteiger partial charge >= 0.3 is 11.9 Å². The van der Waals surface area contributed by atoms with Gasteiger partial charge < -0.3 is 10.2 Å². The van der Waals surface area contributed by atoms with E-state index < -0.39 is 11.9 Å². The van der Waals surface area contributed by atoms with E-state index in [1.54, 1.807) is 0 Å². The van der Waals surface area contributed by atoms with Gasteiger partial charge in [0, 0.05) is 19.5 Å². The molecule has 5 heteroatoms. The summed E-state index contributed by atoms with van der Waals surface area (Å²) in [5, 5.41) is 16.7. The number of rotatable bonds is 6. The number of carboxylic acid groups (broad SMARTS) is 2. The maximum Gasteiger partial charge on any atom is 0.306 e. The third-order valence-corrected chi connectivity index (χ3v) is 2.67. The number of carbonyl (C=O) groups is 2. The van der Waals surface area contributed by atoms with Crippen molar-refractivity contribution in [2.45, 2.75) is 53.4 Å². The summed E-state index contributed by atoms with van der Waals surface area (Å²) in [6.45, 7) is 7.56. The molecule has 0 aliphatic rings. The van der Waals surface area contributed by atoms with Crippen LogP contribution in [0.25, 0.3) is 0 Å². The second-order valence-corrected chi connectivity index (χ2v) is 3.70. The van der Waals surface area contributed by atoms with Gasteiger partial charge in [0.2, 0.25) is 0 Å². The second kappa shape index (κ2) is 13.6. The number of carboxylic acids is 2. The zero-order valence-electron chi connectivity index (χ0n) is 11.4. The number of hydrogen-bond donors (Lipinski definition) is 2. The van der Waals surface area contributed by atoms with E-state index in [0.717, 1.165) is 25.7 Å². The van der Waals surface area contributed by atoms with Gasteiger partial charge in [0.15, 0.2) is 0 Å². The Labute approximate surface area is 117 Å². The Hall–Kier alpha value is -0.437. The molecule has 0 aromatic rings. The number of hydrogen-bond acceptors (Lipinski definition) is 2. The molecular weight excluding hydrogens is 274 g/mol. The van der Waals surface area contributed by atoms with Crippen LogP contribution in [0.2, 0.25) is 0 Å². The van der Waals surface area contributed by atoms with E-state index in [4.69, 9.17) is 10.2 Å². The van der Waals surface area contributed by atoms with Gasteiger partial charge in [-0.2, -0.15) is 0 Å². The van der Waals surface area contributed by atoms with Gasteiger partial charge in [-0.3, -0.25) is 9.59 Å². The maximum atomic E-state index is 10.2. The van der Waals surface area contributed by atoms with Gasteiger partial charge in [0.25, 0.3) is 0 Å². The molecule has 0 rings (SSSR count). The van der Waals surface area contributed by atoms with Crippen molar-refractivity contribution < 1.29 is 39.3 Å². The predicted octanol–water partition coefficient (Wildman–Crippen LogP) is 3.01. The fraction of sp³-hybridized carbons (Fsp3) is 0.833. The summed E-state index contributed by atoms with van der Waals surface area (Å²) >= 11 is 0. The van der Waals surface area contributed by atoms with Gasteiger partial charge in [-0.15, -0.1) is 0 Å². The molecule has 0 heterocycles. The molecule has 0 spiro atoms. The molecule has 0 atom stereocenters. The van der Waals surface area contributed by atoms with Crippen molar-refractivity contribution in [3.05, 3.63) is 0 Å². The fourth-order valence-electron chi connectivity index (χ4n) is 1.28. The van der Waals surface area contributed by atoms with Crippen LogP contribution in [0.5, 0.6) is 0 Å². The van der Waals surface area contributed by atoms with Crippen LogP contribution in [0.3, 0.4) is 0 Å². The molecule has 4 nitrogen and oxygen atoms in total. The van der Waals surface area contributed by atoms with Crippen LogP contribution in [0.15, 0.2) is 0 Å². The normalized spacial score (nSPS) is 9.29. The van der Waals surface area contributed by atoms with Crippen LogP contribution in [-0.4, -0.2) is 22.2 Å². The minimum Gasteiger partial charge on any atom is -0.481 e. The Balaban J connectivity index is -0.000000218. The van der Waals surface area contributed by atoms with Crippen molar-refractivity contribution >= 4 is 11.9 Å². The maximum absolute atomic E-state index is 10.2. The van der Waals surface area contributed by atoms with Crippen LogP contribution in [0.1, 0.15) is 53.4 Å². The Bertz CT molecular complexity index is 177. The van der Waals surface area contributed by atoms with Crippen molar-refractivity contribution in [3.8, 4) is 0 Å². The van der Waals surface area contributed by atoms with E-state index in [9.17, 15) is 9.59 Å². The summed E-state index contributed by atoms with van der Waals surface area (Å²) in [5.74, 6) is -1.60. The first-order chi connectivity index (χ1) is 7.44. The Morgan fingerprint density at radius 3 is 0.941 bits per heavy atom. The summed E-state index contributed by atoms with van der Waals surface area (Å²) in [5.41, 5.74) is 0. The zero-order valence-corrected chi connectivity index (χ0v) is 14.4. The van der Waals surface area contributed by atoms with Crippen LogP contribution >= 0.6 is 0 Å². The first-order valence-electron chi connectivity index (χ1n) is 5.89. The van der Waals surface area contributed by atoms with Crippen LogP contribution in [0, 0.1) is 11.8 Å². The van der Waals surface area contributed by atoms with E-state index in [1.807, 2.05) is 27.7 Å². The van der Waals surface area contributed by atoms with Crippen LogP contribution in [0.4, 0.5) is 0 Å². The van der Waals surface area contributed by atoms with Gasteiger partial charge in [0.05, 0.1) is 11.8 Å². The molecule has 0 aromatic carbocycles. The van der Waals surface area contributed by atoms with Crippen LogP contribution < -0.4 is 0 Å². The molecule has 0 fully saturated rings. The molecule has 0 saturated carbocycles. The Morgan fingerprint density at radius 2 is 0.941 bits per heavy atom. The molecule has 0 saturated heterocycles. The summed E-state index contributed by atoms with van der Waals surface area (Å²) in [7, 11) is 0. The molecule has 0 bridgehead atoms. The van der Waals surface area contributed by atoms with Crippen molar-refractivity contribution in [2.75, 3.05) is 0 Å². The van der Waals surface area contributed by atoms with Gasteiger partial charge in [0.1, 0.15) is 0 Å². The van der Waals surface area contributed by atoms with Crippen molar-refractivity contribution in [3.63, 3.8) is 0 Å². The quantitative estimate of drug-likeness (QED) is 0.739. The molecule has 0 aliphatic carbocycles. The molecule has 17 heavy (non-hydrogen) atoms. The van der Waals surface area contributed by atoms with E-state index in [1.165, 1.54) is 0 Å². The third-order valence-electron chi connectivity index (χ3n) is 2.67. The molecule has 98 valence electrons. The summed E-state index contributed by atoms with van der Waals surface area (Å²) in [4.78, 5) is 20.3. The molecule has 0 aliphatic heterocycles. The second-order valence-electron chi connectivity index (χ2n) is 3.70. The van der Waals surface area contributed by atoms with Gasteiger partial charge in [-0.05, 0) is 25.7 Å². The molecule has 0 amide bonds. The molecule has 2 N–H and O–H groups in total. The first kappa shape index (κ1) is 21.8. The molecular formula is C12H24O4Zn. The van der Waals surface area contributed by atoms with Crippen LogP contribution in [-0.2, 0) is 29.1 Å². The smallest absolute Gasteiger partial charge is 0.306 e. The minimum atomic E-state index is -0.671. The monoisotopic (exact) mass is 296 g/mol. The molecule has 0 aromatic heterocycles. The third kappa shape index (κ3) is 11.8. The largest absolute Gasteiger partial charge is 0.481 e. The van der Waals surface area contributed by atoms with Crippen molar-refractivity contribution in [1.29, 1.82) is 0 Å². The van der Waals surface area contributed by atoms with Crippen molar-refractivity contribution in [2.24, 2.45) is 11.8 Å². The Kier molecular flexibility index (Phi) is 17.5. The first-order valence-corrected chi connectivity index (χ1v) is 5.89. The molecule has 0 radical (unpaired) electrons. The van der Waals surface area contributed by atoms with Gasteiger partial charge in [-0.1, -0.05) is 27.7 Å². The van der Waals surface area contributed by atoms with Gasteiger partial charge in [-0.25, -0.2) is 0 Å². The van der Waals surface area contributed by atoms with E-state index in [0.29, 0.717) is 0 Å². The Morgan fingerprint density at radius 1 is 0.765 bits per heavy atom. The number of aliphatic carboxylic acids is 2. The summed E-state index contributed by atoms with van der Waals surface area (Å²) < 4.78 is 0. The van der Waals surface area contributed by atoms with Crippen molar-refractivity contribution in [1.82, 2.24) is 0 Å². The molecule has 0 unspecified atom stereocenters. The van der Waals surface area contributed by atoms with E-state index >= 15 is 0 Å². The zero-order chi connectivity index (χ0) is 13.1. The standard InChI is InChI=1S/2C6H12O2.Zn/c2*1-3-5(4-2)6(7)8;/h2*5H,3-4H2,1-2H3,(H,7,8);. The predicted molar refractivity (Wildman–Crippen MR) is 63.4 cm³/mol. The average molecular weight is 298 g/mol.